The number of rotatable bonds is 4. The van der Waals surface area contributed by atoms with Crippen LogP contribution in [0.15, 0.2) is 24.5 Å². The summed E-state index contributed by atoms with van der Waals surface area (Å²) in [6.07, 6.45) is 1.12. The molecular formula is C12H11ClFN3O2. The SMILES string of the molecule is COc1cc(OC)c(Nc2cc(F)ncn2)cc1Cl. The maximum Gasteiger partial charge on any atom is 0.218 e. The minimum absolute atomic E-state index is 0.298. The molecule has 1 aromatic heterocycles. The highest BCUT2D eigenvalue weighted by Gasteiger charge is 2.10. The molecule has 0 aliphatic carbocycles. The number of nitrogens with one attached hydrogen (secondary N) is 1. The molecule has 0 bridgehead atoms. The Labute approximate surface area is 114 Å². The summed E-state index contributed by atoms with van der Waals surface area (Å²) in [6.45, 7) is 0. The van der Waals surface area contributed by atoms with Gasteiger partial charge in [-0.05, 0) is 6.07 Å². The average molecular weight is 284 g/mol. The van der Waals surface area contributed by atoms with Crippen molar-refractivity contribution >= 4 is 23.1 Å². The zero-order valence-corrected chi connectivity index (χ0v) is 11.0. The number of anilines is 2. The van der Waals surface area contributed by atoms with Crippen molar-refractivity contribution in [3.05, 3.63) is 35.5 Å². The van der Waals surface area contributed by atoms with Crippen molar-refractivity contribution in [2.45, 2.75) is 0 Å². The molecule has 2 rings (SSSR count). The van der Waals surface area contributed by atoms with E-state index in [0.29, 0.717) is 28.0 Å². The van der Waals surface area contributed by atoms with Crippen LogP contribution in [0.3, 0.4) is 0 Å². The van der Waals surface area contributed by atoms with Crippen molar-refractivity contribution in [2.24, 2.45) is 0 Å². The highest BCUT2D eigenvalue weighted by molar-refractivity contribution is 6.32. The van der Waals surface area contributed by atoms with Gasteiger partial charge < -0.3 is 14.8 Å². The van der Waals surface area contributed by atoms with Gasteiger partial charge >= 0.3 is 0 Å². The molecule has 0 amide bonds. The van der Waals surface area contributed by atoms with E-state index < -0.39 is 5.95 Å². The lowest BCUT2D eigenvalue weighted by Gasteiger charge is -2.13. The summed E-state index contributed by atoms with van der Waals surface area (Å²) in [5, 5.41) is 3.30. The first-order valence-electron chi connectivity index (χ1n) is 5.30. The molecule has 0 aliphatic rings. The molecule has 19 heavy (non-hydrogen) atoms. The van der Waals surface area contributed by atoms with Gasteiger partial charge in [0.25, 0.3) is 0 Å². The third-order valence-electron chi connectivity index (χ3n) is 2.37. The van der Waals surface area contributed by atoms with Gasteiger partial charge in [0.2, 0.25) is 5.95 Å². The van der Waals surface area contributed by atoms with Crippen LogP contribution in [0.5, 0.6) is 11.5 Å². The van der Waals surface area contributed by atoms with Gasteiger partial charge in [-0.25, -0.2) is 9.97 Å². The summed E-state index contributed by atoms with van der Waals surface area (Å²) >= 11 is 6.03. The fourth-order valence-electron chi connectivity index (χ4n) is 1.50. The van der Waals surface area contributed by atoms with Crippen LogP contribution < -0.4 is 14.8 Å². The number of ether oxygens (including phenoxy) is 2. The highest BCUT2D eigenvalue weighted by Crippen LogP contribution is 2.36. The number of nitrogens with zero attached hydrogens (tertiary/aromatic N) is 2. The maximum absolute atomic E-state index is 13.0. The zero-order chi connectivity index (χ0) is 13.8. The number of aromatic nitrogens is 2. The van der Waals surface area contributed by atoms with Crippen molar-refractivity contribution in [3.8, 4) is 11.5 Å². The van der Waals surface area contributed by atoms with Crippen LogP contribution in [-0.2, 0) is 0 Å². The lowest BCUT2D eigenvalue weighted by atomic mass is 10.2. The molecule has 0 saturated carbocycles. The van der Waals surface area contributed by atoms with E-state index in [1.165, 1.54) is 14.2 Å². The number of hydrogen-bond acceptors (Lipinski definition) is 5. The number of methoxy groups -OCH3 is 2. The lowest BCUT2D eigenvalue weighted by Crippen LogP contribution is -1.99. The van der Waals surface area contributed by atoms with Gasteiger partial charge in [-0.2, -0.15) is 4.39 Å². The largest absolute Gasteiger partial charge is 0.495 e. The number of halogens is 2. The van der Waals surface area contributed by atoms with Crippen molar-refractivity contribution in [1.82, 2.24) is 9.97 Å². The van der Waals surface area contributed by atoms with Crippen LogP contribution >= 0.6 is 11.6 Å². The minimum atomic E-state index is -0.629. The van der Waals surface area contributed by atoms with E-state index in [1.807, 2.05) is 0 Å². The average Bonchev–Trinajstić information content (AvgIpc) is 2.39. The Morgan fingerprint density at radius 3 is 2.47 bits per heavy atom. The second-order valence-electron chi connectivity index (χ2n) is 3.54. The monoisotopic (exact) mass is 283 g/mol. The van der Waals surface area contributed by atoms with Crippen LogP contribution in [0.2, 0.25) is 5.02 Å². The Bertz CT molecular complexity index is 595. The lowest BCUT2D eigenvalue weighted by molar-refractivity contribution is 0.396. The molecule has 5 nitrogen and oxygen atoms in total. The van der Waals surface area contributed by atoms with E-state index in [4.69, 9.17) is 21.1 Å². The Kier molecular flexibility index (Phi) is 4.01. The Morgan fingerprint density at radius 2 is 1.84 bits per heavy atom. The smallest absolute Gasteiger partial charge is 0.218 e. The van der Waals surface area contributed by atoms with Crippen LogP contribution in [0.4, 0.5) is 15.9 Å². The van der Waals surface area contributed by atoms with E-state index in [1.54, 1.807) is 12.1 Å². The van der Waals surface area contributed by atoms with Gasteiger partial charge in [0, 0.05) is 12.1 Å². The molecule has 0 aliphatic heterocycles. The van der Waals surface area contributed by atoms with Crippen LogP contribution in [0.25, 0.3) is 0 Å². The summed E-state index contributed by atoms with van der Waals surface area (Å²) in [4.78, 5) is 7.26. The summed E-state index contributed by atoms with van der Waals surface area (Å²) in [5.74, 6) is 0.654. The Balaban J connectivity index is 2.36. The van der Waals surface area contributed by atoms with Gasteiger partial charge in [-0.1, -0.05) is 11.6 Å². The van der Waals surface area contributed by atoms with E-state index >= 15 is 0 Å². The van der Waals surface area contributed by atoms with Crippen molar-refractivity contribution < 1.29 is 13.9 Å². The molecule has 100 valence electrons. The van der Waals surface area contributed by atoms with E-state index in [-0.39, 0.29) is 0 Å². The second kappa shape index (κ2) is 5.71. The third kappa shape index (κ3) is 3.03. The maximum atomic E-state index is 13.0. The predicted octanol–water partition coefficient (Wildman–Crippen LogP) is 3.03. The normalized spacial score (nSPS) is 10.1. The molecule has 0 spiro atoms. The quantitative estimate of drug-likeness (QED) is 0.874. The molecular weight excluding hydrogens is 273 g/mol. The molecule has 0 fully saturated rings. The third-order valence-corrected chi connectivity index (χ3v) is 2.67. The van der Waals surface area contributed by atoms with Crippen molar-refractivity contribution in [3.63, 3.8) is 0 Å². The standard InChI is InChI=1S/C12H11ClFN3O2/c1-18-9-4-10(19-2)8(3-7(9)13)17-12-5-11(14)15-6-16-12/h3-6H,1-2H3,(H,15,16,17). The number of hydrogen-bond donors (Lipinski definition) is 1. The molecule has 1 aromatic carbocycles. The molecule has 0 saturated heterocycles. The summed E-state index contributed by atoms with van der Waals surface area (Å²) in [7, 11) is 3.02. The molecule has 7 heteroatoms. The van der Waals surface area contributed by atoms with Gasteiger partial charge in [0.1, 0.15) is 23.6 Å². The molecule has 0 radical (unpaired) electrons. The topological polar surface area (TPSA) is 56.3 Å². The molecule has 2 aromatic rings. The molecule has 1 N–H and O–H groups in total. The first-order valence-corrected chi connectivity index (χ1v) is 5.68. The molecule has 0 atom stereocenters. The summed E-state index contributed by atoms with van der Waals surface area (Å²) in [5.41, 5.74) is 0.548. The van der Waals surface area contributed by atoms with Crippen LogP contribution in [0, 0.1) is 5.95 Å². The second-order valence-corrected chi connectivity index (χ2v) is 3.95. The first kappa shape index (κ1) is 13.4. The van der Waals surface area contributed by atoms with Crippen LogP contribution in [-0.4, -0.2) is 24.2 Å². The van der Waals surface area contributed by atoms with Crippen molar-refractivity contribution in [2.75, 3.05) is 19.5 Å². The predicted molar refractivity (Wildman–Crippen MR) is 69.8 cm³/mol. The molecule has 0 unspecified atom stereocenters. The van der Waals surface area contributed by atoms with Crippen LogP contribution in [0.1, 0.15) is 0 Å². The van der Waals surface area contributed by atoms with Gasteiger partial charge in [-0.3, -0.25) is 0 Å². The summed E-state index contributed by atoms with van der Waals surface area (Å²) in [6, 6.07) is 4.40. The molecule has 1 heterocycles. The fourth-order valence-corrected chi connectivity index (χ4v) is 1.74. The Hall–Kier alpha value is -2.08. The summed E-state index contributed by atoms with van der Waals surface area (Å²) < 4.78 is 23.3. The number of benzene rings is 1. The fraction of sp³-hybridized carbons (Fsp3) is 0.167. The van der Waals surface area contributed by atoms with Gasteiger partial charge in [-0.15, -0.1) is 0 Å². The first-order chi connectivity index (χ1) is 9.13. The van der Waals surface area contributed by atoms with Gasteiger partial charge in [0.05, 0.1) is 24.9 Å². The zero-order valence-electron chi connectivity index (χ0n) is 10.3. The van der Waals surface area contributed by atoms with E-state index in [2.05, 4.69) is 15.3 Å². The van der Waals surface area contributed by atoms with E-state index in [9.17, 15) is 4.39 Å². The van der Waals surface area contributed by atoms with Crippen molar-refractivity contribution in [1.29, 1.82) is 0 Å². The minimum Gasteiger partial charge on any atom is -0.495 e. The van der Waals surface area contributed by atoms with Gasteiger partial charge in [0.15, 0.2) is 0 Å². The van der Waals surface area contributed by atoms with E-state index in [0.717, 1.165) is 12.4 Å². The highest BCUT2D eigenvalue weighted by atomic mass is 35.5. The Morgan fingerprint density at radius 1 is 1.11 bits per heavy atom.